The van der Waals surface area contributed by atoms with Crippen molar-refractivity contribution >= 4 is 5.91 Å². The van der Waals surface area contributed by atoms with Crippen LogP contribution in [-0.2, 0) is 0 Å². The SMILES string of the molecule is CC.CNC(=O)c1ccc(C)c(OC)c1. The number of carbonyl (C=O) groups is 1. The quantitative estimate of drug-likeness (QED) is 0.812. The van der Waals surface area contributed by atoms with Crippen molar-refractivity contribution in [1.82, 2.24) is 5.32 Å². The van der Waals surface area contributed by atoms with Gasteiger partial charge >= 0.3 is 0 Å². The number of hydrogen-bond acceptors (Lipinski definition) is 2. The monoisotopic (exact) mass is 209 g/mol. The van der Waals surface area contributed by atoms with Gasteiger partial charge in [-0.25, -0.2) is 0 Å². The van der Waals surface area contributed by atoms with Gasteiger partial charge in [-0.2, -0.15) is 0 Å². The first-order valence-electron chi connectivity index (χ1n) is 5.05. The predicted octanol–water partition coefficient (Wildman–Crippen LogP) is 2.39. The number of rotatable bonds is 2. The van der Waals surface area contributed by atoms with Crippen molar-refractivity contribution in [1.29, 1.82) is 0 Å². The Hall–Kier alpha value is -1.51. The second kappa shape index (κ2) is 6.87. The molecule has 0 heterocycles. The summed E-state index contributed by atoms with van der Waals surface area (Å²) in [4.78, 5) is 11.2. The highest BCUT2D eigenvalue weighted by Crippen LogP contribution is 2.18. The van der Waals surface area contributed by atoms with Gasteiger partial charge in [0.1, 0.15) is 5.75 Å². The zero-order chi connectivity index (χ0) is 11.8. The van der Waals surface area contributed by atoms with Crippen LogP contribution in [0.4, 0.5) is 0 Å². The zero-order valence-electron chi connectivity index (χ0n) is 10.0. The third-order valence-corrected chi connectivity index (χ3v) is 1.90. The molecule has 0 atom stereocenters. The minimum atomic E-state index is -0.0988. The summed E-state index contributed by atoms with van der Waals surface area (Å²) in [5, 5.41) is 2.56. The third kappa shape index (κ3) is 3.62. The van der Waals surface area contributed by atoms with E-state index in [4.69, 9.17) is 4.74 Å². The minimum Gasteiger partial charge on any atom is -0.496 e. The summed E-state index contributed by atoms with van der Waals surface area (Å²) in [7, 11) is 3.20. The summed E-state index contributed by atoms with van der Waals surface area (Å²) in [5.74, 6) is 0.638. The van der Waals surface area contributed by atoms with Gasteiger partial charge in [-0.15, -0.1) is 0 Å². The first-order valence-corrected chi connectivity index (χ1v) is 5.05. The molecule has 0 saturated carbocycles. The van der Waals surface area contributed by atoms with E-state index in [0.29, 0.717) is 5.56 Å². The van der Waals surface area contributed by atoms with Crippen molar-refractivity contribution in [2.75, 3.05) is 14.2 Å². The Balaban J connectivity index is 0.000000921. The molecular weight excluding hydrogens is 190 g/mol. The Kier molecular flexibility index (Phi) is 6.18. The highest BCUT2D eigenvalue weighted by molar-refractivity contribution is 5.94. The lowest BCUT2D eigenvalue weighted by Crippen LogP contribution is -2.17. The summed E-state index contributed by atoms with van der Waals surface area (Å²) in [6, 6.07) is 5.37. The van der Waals surface area contributed by atoms with Gasteiger partial charge in [0, 0.05) is 12.6 Å². The highest BCUT2D eigenvalue weighted by Gasteiger charge is 2.05. The Labute approximate surface area is 91.5 Å². The van der Waals surface area contributed by atoms with Crippen molar-refractivity contribution in [3.63, 3.8) is 0 Å². The summed E-state index contributed by atoms with van der Waals surface area (Å²) in [5.41, 5.74) is 1.64. The molecule has 1 rings (SSSR count). The van der Waals surface area contributed by atoms with Crippen LogP contribution in [0.2, 0.25) is 0 Å². The van der Waals surface area contributed by atoms with Crippen LogP contribution in [0, 0.1) is 6.92 Å². The number of amides is 1. The molecule has 0 fully saturated rings. The fraction of sp³-hybridized carbons (Fsp3) is 0.417. The number of carbonyl (C=O) groups excluding carboxylic acids is 1. The Morgan fingerprint density at radius 1 is 1.33 bits per heavy atom. The van der Waals surface area contributed by atoms with E-state index in [-0.39, 0.29) is 5.91 Å². The molecule has 0 bridgehead atoms. The van der Waals surface area contributed by atoms with Crippen LogP contribution in [0.3, 0.4) is 0 Å². The molecule has 1 amide bonds. The number of methoxy groups -OCH3 is 1. The van der Waals surface area contributed by atoms with E-state index in [1.807, 2.05) is 26.8 Å². The largest absolute Gasteiger partial charge is 0.496 e. The first-order chi connectivity index (χ1) is 7.19. The van der Waals surface area contributed by atoms with E-state index >= 15 is 0 Å². The second-order valence-corrected chi connectivity index (χ2v) is 2.76. The van der Waals surface area contributed by atoms with Crippen molar-refractivity contribution in [3.8, 4) is 5.75 Å². The van der Waals surface area contributed by atoms with Crippen molar-refractivity contribution in [3.05, 3.63) is 29.3 Å². The molecular formula is C12H19NO2. The van der Waals surface area contributed by atoms with Crippen LogP contribution in [0.15, 0.2) is 18.2 Å². The number of hydrogen-bond donors (Lipinski definition) is 1. The molecule has 3 nitrogen and oxygen atoms in total. The molecule has 0 radical (unpaired) electrons. The van der Waals surface area contributed by atoms with Crippen molar-refractivity contribution in [2.24, 2.45) is 0 Å². The van der Waals surface area contributed by atoms with Crippen LogP contribution in [-0.4, -0.2) is 20.1 Å². The maximum atomic E-state index is 11.2. The van der Waals surface area contributed by atoms with Crippen LogP contribution >= 0.6 is 0 Å². The van der Waals surface area contributed by atoms with Gasteiger partial charge in [-0.3, -0.25) is 4.79 Å². The third-order valence-electron chi connectivity index (χ3n) is 1.90. The lowest BCUT2D eigenvalue weighted by Gasteiger charge is -2.06. The van der Waals surface area contributed by atoms with Gasteiger partial charge in [0.05, 0.1) is 7.11 Å². The first kappa shape index (κ1) is 13.5. The van der Waals surface area contributed by atoms with E-state index in [0.717, 1.165) is 11.3 Å². The van der Waals surface area contributed by atoms with Crippen LogP contribution in [0.1, 0.15) is 29.8 Å². The summed E-state index contributed by atoms with van der Waals surface area (Å²) < 4.78 is 5.10. The number of nitrogens with one attached hydrogen (secondary N) is 1. The Morgan fingerprint density at radius 2 is 1.93 bits per heavy atom. The standard InChI is InChI=1S/C10H13NO2.C2H6/c1-7-4-5-8(10(12)11-2)6-9(7)13-3;1-2/h4-6H,1-3H3,(H,11,12);1-2H3. The number of ether oxygens (including phenoxy) is 1. The zero-order valence-corrected chi connectivity index (χ0v) is 10.0. The smallest absolute Gasteiger partial charge is 0.251 e. The molecule has 0 aliphatic heterocycles. The average Bonchev–Trinajstić information content (AvgIpc) is 2.31. The van der Waals surface area contributed by atoms with Crippen molar-refractivity contribution in [2.45, 2.75) is 20.8 Å². The fourth-order valence-electron chi connectivity index (χ4n) is 1.11. The molecule has 0 unspecified atom stereocenters. The summed E-state index contributed by atoms with van der Waals surface area (Å²) >= 11 is 0. The second-order valence-electron chi connectivity index (χ2n) is 2.76. The molecule has 1 aromatic rings. The van der Waals surface area contributed by atoms with Gasteiger partial charge in [0.25, 0.3) is 5.91 Å². The van der Waals surface area contributed by atoms with E-state index in [2.05, 4.69) is 5.32 Å². The molecule has 0 saturated heterocycles. The normalized spacial score (nSPS) is 8.60. The van der Waals surface area contributed by atoms with E-state index < -0.39 is 0 Å². The number of benzene rings is 1. The van der Waals surface area contributed by atoms with Crippen LogP contribution < -0.4 is 10.1 Å². The average molecular weight is 209 g/mol. The van der Waals surface area contributed by atoms with Gasteiger partial charge in [0.2, 0.25) is 0 Å². The van der Waals surface area contributed by atoms with Crippen LogP contribution in [0.25, 0.3) is 0 Å². The van der Waals surface area contributed by atoms with Crippen LogP contribution in [0.5, 0.6) is 5.75 Å². The molecule has 0 spiro atoms. The van der Waals surface area contributed by atoms with Gasteiger partial charge < -0.3 is 10.1 Å². The number of aryl methyl sites for hydroxylation is 1. The van der Waals surface area contributed by atoms with Gasteiger partial charge in [-0.1, -0.05) is 19.9 Å². The van der Waals surface area contributed by atoms with E-state index in [1.54, 1.807) is 26.3 Å². The summed E-state index contributed by atoms with van der Waals surface area (Å²) in [6.07, 6.45) is 0. The van der Waals surface area contributed by atoms with E-state index in [1.165, 1.54) is 0 Å². The lowest BCUT2D eigenvalue weighted by atomic mass is 10.1. The predicted molar refractivity (Wildman–Crippen MR) is 62.5 cm³/mol. The molecule has 1 N–H and O–H groups in total. The molecule has 3 heteroatoms. The van der Waals surface area contributed by atoms with Crippen molar-refractivity contribution < 1.29 is 9.53 Å². The molecule has 84 valence electrons. The topological polar surface area (TPSA) is 38.3 Å². The Morgan fingerprint density at radius 3 is 2.40 bits per heavy atom. The maximum absolute atomic E-state index is 11.2. The van der Waals surface area contributed by atoms with Gasteiger partial charge in [0.15, 0.2) is 0 Å². The van der Waals surface area contributed by atoms with E-state index in [9.17, 15) is 4.79 Å². The molecule has 1 aromatic carbocycles. The molecule has 0 aromatic heterocycles. The molecule has 0 aliphatic carbocycles. The lowest BCUT2D eigenvalue weighted by molar-refractivity contribution is 0.0962. The molecule has 15 heavy (non-hydrogen) atoms. The minimum absolute atomic E-state index is 0.0988. The fourth-order valence-corrected chi connectivity index (χ4v) is 1.11. The summed E-state index contributed by atoms with van der Waals surface area (Å²) in [6.45, 7) is 5.94. The maximum Gasteiger partial charge on any atom is 0.251 e. The molecule has 0 aliphatic rings. The highest BCUT2D eigenvalue weighted by atomic mass is 16.5. The Bertz CT molecular complexity index is 321. The van der Waals surface area contributed by atoms with Gasteiger partial charge in [-0.05, 0) is 24.6 Å².